The molecular formula is C25H46N10O8. The summed E-state index contributed by atoms with van der Waals surface area (Å²) >= 11 is 0. The van der Waals surface area contributed by atoms with E-state index in [-0.39, 0.29) is 44.9 Å². The highest BCUT2D eigenvalue weighted by molar-refractivity contribution is 5.96. The number of aliphatic hydroxyl groups excluding tert-OH is 1. The molecule has 0 aliphatic carbocycles. The summed E-state index contributed by atoms with van der Waals surface area (Å²) in [5.41, 5.74) is 21.7. The van der Waals surface area contributed by atoms with Gasteiger partial charge in [0.1, 0.15) is 30.2 Å². The SMILES string of the molecule is CC(NC(=O)C(CO)NC(=O)C1CCCN1C(=O)C(CCCN=C(N)N)NC(=O)C(CCCCN)NC(=O)CN)C(=O)O. The summed E-state index contributed by atoms with van der Waals surface area (Å²) in [7, 11) is 0. The number of guanidine groups is 1. The van der Waals surface area contributed by atoms with E-state index in [4.69, 9.17) is 28.0 Å². The average molecular weight is 615 g/mol. The summed E-state index contributed by atoms with van der Waals surface area (Å²) in [4.78, 5) is 80.6. The minimum Gasteiger partial charge on any atom is -0.480 e. The van der Waals surface area contributed by atoms with Gasteiger partial charge in [-0.2, -0.15) is 0 Å². The van der Waals surface area contributed by atoms with Gasteiger partial charge in [-0.3, -0.25) is 33.8 Å². The molecule has 14 N–H and O–H groups in total. The Hall–Kier alpha value is -4.03. The summed E-state index contributed by atoms with van der Waals surface area (Å²) in [6, 6.07) is -5.84. The maximum absolute atomic E-state index is 13.7. The lowest BCUT2D eigenvalue weighted by Crippen LogP contribution is -2.59. The molecular weight excluding hydrogens is 568 g/mol. The van der Waals surface area contributed by atoms with E-state index in [0.29, 0.717) is 32.2 Å². The van der Waals surface area contributed by atoms with Gasteiger partial charge in [0.25, 0.3) is 0 Å². The molecule has 1 aliphatic rings. The Bertz CT molecular complexity index is 1010. The first-order valence-corrected chi connectivity index (χ1v) is 14.2. The highest BCUT2D eigenvalue weighted by atomic mass is 16.4. The number of nitrogens with two attached hydrogens (primary N) is 4. The number of carboxylic acid groups (broad SMARTS) is 1. The minimum atomic E-state index is -1.46. The number of aliphatic carboxylic acids is 1. The minimum absolute atomic E-state index is 0.0985. The number of carbonyl (C=O) groups excluding carboxylic acids is 5. The molecule has 1 aliphatic heterocycles. The molecule has 1 saturated heterocycles. The predicted octanol–water partition coefficient (Wildman–Crippen LogP) is -4.85. The van der Waals surface area contributed by atoms with Crippen molar-refractivity contribution in [3.05, 3.63) is 0 Å². The van der Waals surface area contributed by atoms with E-state index in [1.165, 1.54) is 11.8 Å². The Morgan fingerprint density at radius 2 is 1.56 bits per heavy atom. The van der Waals surface area contributed by atoms with E-state index in [9.17, 15) is 33.9 Å². The Morgan fingerprint density at radius 3 is 2.14 bits per heavy atom. The maximum Gasteiger partial charge on any atom is 0.325 e. The second kappa shape index (κ2) is 19.2. The van der Waals surface area contributed by atoms with Gasteiger partial charge in [-0.25, -0.2) is 0 Å². The van der Waals surface area contributed by atoms with Crippen molar-refractivity contribution in [3.8, 4) is 0 Å². The number of nitrogens with zero attached hydrogens (tertiary/aromatic N) is 2. The highest BCUT2D eigenvalue weighted by Gasteiger charge is 2.39. The molecule has 1 rings (SSSR count). The van der Waals surface area contributed by atoms with Gasteiger partial charge in [-0.05, 0) is 58.4 Å². The van der Waals surface area contributed by atoms with Gasteiger partial charge in [-0.15, -0.1) is 0 Å². The lowest BCUT2D eigenvalue weighted by Gasteiger charge is -2.30. The third-order valence-electron chi connectivity index (χ3n) is 6.73. The predicted molar refractivity (Wildman–Crippen MR) is 155 cm³/mol. The summed E-state index contributed by atoms with van der Waals surface area (Å²) in [6.45, 7) is 0.799. The number of nitrogens with one attached hydrogen (secondary N) is 4. The largest absolute Gasteiger partial charge is 0.480 e. The van der Waals surface area contributed by atoms with E-state index in [0.717, 1.165) is 0 Å². The monoisotopic (exact) mass is 614 g/mol. The van der Waals surface area contributed by atoms with Crippen molar-refractivity contribution in [3.63, 3.8) is 0 Å². The van der Waals surface area contributed by atoms with Crippen LogP contribution in [0.15, 0.2) is 4.99 Å². The van der Waals surface area contributed by atoms with E-state index in [1.54, 1.807) is 0 Å². The average Bonchev–Trinajstić information content (AvgIpc) is 3.46. The van der Waals surface area contributed by atoms with Crippen LogP contribution in [-0.2, 0) is 28.8 Å². The molecule has 18 heteroatoms. The molecule has 1 heterocycles. The van der Waals surface area contributed by atoms with Crippen LogP contribution in [0.5, 0.6) is 0 Å². The second-order valence-corrected chi connectivity index (χ2v) is 10.1. The van der Waals surface area contributed by atoms with Crippen LogP contribution in [0.2, 0.25) is 0 Å². The number of amides is 5. The van der Waals surface area contributed by atoms with Crippen LogP contribution >= 0.6 is 0 Å². The van der Waals surface area contributed by atoms with E-state index >= 15 is 0 Å². The first kappa shape index (κ1) is 37.0. The van der Waals surface area contributed by atoms with Crippen molar-refractivity contribution in [2.24, 2.45) is 27.9 Å². The number of hydrogen-bond acceptors (Lipinski definition) is 10. The van der Waals surface area contributed by atoms with Crippen LogP contribution < -0.4 is 44.2 Å². The van der Waals surface area contributed by atoms with Gasteiger partial charge >= 0.3 is 5.97 Å². The van der Waals surface area contributed by atoms with Gasteiger partial charge in [-0.1, -0.05) is 0 Å². The molecule has 5 unspecified atom stereocenters. The Morgan fingerprint density at radius 1 is 0.907 bits per heavy atom. The lowest BCUT2D eigenvalue weighted by atomic mass is 10.1. The smallest absolute Gasteiger partial charge is 0.325 e. The molecule has 0 spiro atoms. The Kier molecular flexibility index (Phi) is 16.5. The van der Waals surface area contributed by atoms with Crippen LogP contribution in [0.1, 0.15) is 51.9 Å². The number of aliphatic hydroxyl groups is 1. The summed E-state index contributed by atoms with van der Waals surface area (Å²) in [6.07, 6.45) is 2.47. The fourth-order valence-electron chi connectivity index (χ4n) is 4.39. The zero-order chi connectivity index (χ0) is 32.5. The van der Waals surface area contributed by atoms with Gasteiger partial charge in [0.2, 0.25) is 29.5 Å². The fourth-order valence-corrected chi connectivity index (χ4v) is 4.39. The molecule has 0 saturated carbocycles. The van der Waals surface area contributed by atoms with Crippen LogP contribution in [0, 0.1) is 0 Å². The number of aliphatic imine (C=N–C) groups is 1. The Balaban J connectivity index is 3.11. The van der Waals surface area contributed by atoms with Crippen molar-refractivity contribution in [2.45, 2.75) is 82.1 Å². The Labute approximate surface area is 249 Å². The molecule has 5 atom stereocenters. The topological polar surface area (TPSA) is 311 Å². The number of carboxylic acids is 1. The molecule has 244 valence electrons. The summed E-state index contributed by atoms with van der Waals surface area (Å²) in [5, 5.41) is 28.4. The van der Waals surface area contributed by atoms with E-state index in [2.05, 4.69) is 26.3 Å². The third-order valence-corrected chi connectivity index (χ3v) is 6.73. The number of carbonyl (C=O) groups is 6. The van der Waals surface area contributed by atoms with Crippen LogP contribution in [-0.4, -0.2) is 120 Å². The molecule has 5 amide bonds. The fraction of sp³-hybridized carbons (Fsp3) is 0.720. The molecule has 1 fully saturated rings. The van der Waals surface area contributed by atoms with Gasteiger partial charge in [0.05, 0.1) is 13.2 Å². The molecule has 0 bridgehead atoms. The van der Waals surface area contributed by atoms with E-state index < -0.39 is 72.3 Å². The normalized spacial score (nSPS) is 17.1. The highest BCUT2D eigenvalue weighted by Crippen LogP contribution is 2.20. The number of hydrogen-bond donors (Lipinski definition) is 10. The molecule has 43 heavy (non-hydrogen) atoms. The van der Waals surface area contributed by atoms with Crippen molar-refractivity contribution >= 4 is 41.5 Å². The zero-order valence-corrected chi connectivity index (χ0v) is 24.4. The van der Waals surface area contributed by atoms with Gasteiger partial charge < -0.3 is 59.3 Å². The van der Waals surface area contributed by atoms with Crippen LogP contribution in [0.3, 0.4) is 0 Å². The van der Waals surface area contributed by atoms with Gasteiger partial charge in [0, 0.05) is 13.1 Å². The van der Waals surface area contributed by atoms with Gasteiger partial charge in [0.15, 0.2) is 5.96 Å². The molecule has 18 nitrogen and oxygen atoms in total. The quantitative estimate of drug-likeness (QED) is 0.0372. The van der Waals surface area contributed by atoms with Crippen LogP contribution in [0.25, 0.3) is 0 Å². The molecule has 0 aromatic heterocycles. The number of likely N-dealkylation sites (tertiary alicyclic amines) is 1. The number of unbranched alkanes of at least 4 members (excludes halogenated alkanes) is 1. The first-order valence-electron chi connectivity index (χ1n) is 14.2. The van der Waals surface area contributed by atoms with Crippen molar-refractivity contribution in [2.75, 3.05) is 32.8 Å². The summed E-state index contributed by atoms with van der Waals surface area (Å²) < 4.78 is 0. The first-order chi connectivity index (χ1) is 20.4. The molecule has 0 aromatic carbocycles. The number of rotatable bonds is 19. The molecule has 0 radical (unpaired) electrons. The van der Waals surface area contributed by atoms with Crippen molar-refractivity contribution < 1.29 is 39.0 Å². The standard InChI is InChI=1S/C25H46N10O8/c1-14(24(42)43)31-21(39)17(13-36)34-22(40)18-8-5-11-35(18)23(41)16(7-4-10-30-25(28)29)33-20(38)15(6-2-3-9-26)32-19(37)12-27/h14-18,36H,2-13,26-27H2,1H3,(H,31,39)(H,32,37)(H,33,38)(H,34,40)(H,42,43)(H4,28,29,30). The van der Waals surface area contributed by atoms with Crippen LogP contribution in [0.4, 0.5) is 0 Å². The lowest BCUT2D eigenvalue weighted by molar-refractivity contribution is -0.143. The zero-order valence-electron chi connectivity index (χ0n) is 24.4. The summed E-state index contributed by atoms with van der Waals surface area (Å²) in [5.74, 6) is -4.85. The molecule has 0 aromatic rings. The maximum atomic E-state index is 13.7. The van der Waals surface area contributed by atoms with E-state index in [1.807, 2.05) is 0 Å². The van der Waals surface area contributed by atoms with Crippen molar-refractivity contribution in [1.29, 1.82) is 0 Å². The third kappa shape index (κ3) is 12.8. The van der Waals surface area contributed by atoms with Crippen molar-refractivity contribution in [1.82, 2.24) is 26.2 Å². The second-order valence-electron chi connectivity index (χ2n) is 10.1.